The number of hydrogen-bond acceptors (Lipinski definition) is 3. The molecule has 2 aromatic heterocycles. The zero-order valence-electron chi connectivity index (χ0n) is 12.1. The highest BCUT2D eigenvalue weighted by Gasteiger charge is 2.03. The summed E-state index contributed by atoms with van der Waals surface area (Å²) in [6.07, 6.45) is 8.71. The maximum atomic E-state index is 4.41. The standard InChI is InChI=1S/C16H19N5/c1-2-9-20-11-8-17-16(20)13-18-14-5-3-6-15(12-14)21-10-4-7-19-21/h3-8,10-12,18H,2,9,13H2,1H3. The first-order valence-corrected chi connectivity index (χ1v) is 7.21. The molecule has 0 aliphatic carbocycles. The average Bonchev–Trinajstić information content (AvgIpc) is 3.18. The summed E-state index contributed by atoms with van der Waals surface area (Å²) in [7, 11) is 0. The lowest BCUT2D eigenvalue weighted by Crippen LogP contribution is -2.08. The van der Waals surface area contributed by atoms with Crippen molar-refractivity contribution in [1.82, 2.24) is 19.3 Å². The molecule has 0 bridgehead atoms. The minimum absolute atomic E-state index is 0.718. The van der Waals surface area contributed by atoms with Gasteiger partial charge in [0.05, 0.1) is 12.2 Å². The molecule has 0 atom stereocenters. The summed E-state index contributed by atoms with van der Waals surface area (Å²) in [6, 6.07) is 10.1. The van der Waals surface area contributed by atoms with Gasteiger partial charge in [0.15, 0.2) is 0 Å². The lowest BCUT2D eigenvalue weighted by Gasteiger charge is -2.10. The summed E-state index contributed by atoms with van der Waals surface area (Å²) in [6.45, 7) is 3.89. The molecule has 21 heavy (non-hydrogen) atoms. The Morgan fingerprint density at radius 2 is 2.10 bits per heavy atom. The fraction of sp³-hybridized carbons (Fsp3) is 0.250. The molecule has 0 unspecified atom stereocenters. The molecule has 5 nitrogen and oxygen atoms in total. The Bertz CT molecular complexity index is 684. The van der Waals surface area contributed by atoms with E-state index in [1.807, 2.05) is 41.5 Å². The number of rotatable bonds is 6. The van der Waals surface area contributed by atoms with Gasteiger partial charge in [0, 0.05) is 37.0 Å². The maximum Gasteiger partial charge on any atom is 0.128 e. The fourth-order valence-electron chi connectivity index (χ4n) is 2.31. The van der Waals surface area contributed by atoms with Gasteiger partial charge in [-0.25, -0.2) is 9.67 Å². The van der Waals surface area contributed by atoms with Crippen LogP contribution in [0.15, 0.2) is 55.1 Å². The minimum atomic E-state index is 0.718. The van der Waals surface area contributed by atoms with Crippen LogP contribution in [0, 0.1) is 0 Å². The normalized spacial score (nSPS) is 10.7. The van der Waals surface area contributed by atoms with Gasteiger partial charge in [-0.2, -0.15) is 5.10 Å². The highest BCUT2D eigenvalue weighted by molar-refractivity contribution is 5.50. The van der Waals surface area contributed by atoms with Crippen LogP contribution in [0.5, 0.6) is 0 Å². The fourth-order valence-corrected chi connectivity index (χ4v) is 2.31. The van der Waals surface area contributed by atoms with Crippen molar-refractivity contribution in [2.45, 2.75) is 26.4 Å². The van der Waals surface area contributed by atoms with Crippen molar-refractivity contribution in [3.63, 3.8) is 0 Å². The first-order valence-electron chi connectivity index (χ1n) is 7.21. The second-order valence-electron chi connectivity index (χ2n) is 4.89. The largest absolute Gasteiger partial charge is 0.378 e. The van der Waals surface area contributed by atoms with Gasteiger partial charge in [-0.3, -0.25) is 0 Å². The average molecular weight is 281 g/mol. The van der Waals surface area contributed by atoms with Crippen molar-refractivity contribution in [3.05, 3.63) is 60.9 Å². The van der Waals surface area contributed by atoms with E-state index in [0.717, 1.165) is 36.7 Å². The van der Waals surface area contributed by atoms with Gasteiger partial charge < -0.3 is 9.88 Å². The van der Waals surface area contributed by atoms with Crippen molar-refractivity contribution in [2.24, 2.45) is 0 Å². The van der Waals surface area contributed by atoms with Gasteiger partial charge in [-0.1, -0.05) is 13.0 Å². The van der Waals surface area contributed by atoms with Crippen LogP contribution in [0.2, 0.25) is 0 Å². The molecule has 1 N–H and O–H groups in total. The van der Waals surface area contributed by atoms with E-state index in [-0.39, 0.29) is 0 Å². The van der Waals surface area contributed by atoms with E-state index in [0.29, 0.717) is 0 Å². The van der Waals surface area contributed by atoms with Gasteiger partial charge in [0.2, 0.25) is 0 Å². The predicted molar refractivity (Wildman–Crippen MR) is 83.4 cm³/mol. The van der Waals surface area contributed by atoms with E-state index in [4.69, 9.17) is 0 Å². The van der Waals surface area contributed by atoms with Crippen molar-refractivity contribution in [1.29, 1.82) is 0 Å². The van der Waals surface area contributed by atoms with E-state index in [1.165, 1.54) is 0 Å². The van der Waals surface area contributed by atoms with Crippen molar-refractivity contribution < 1.29 is 0 Å². The molecule has 0 saturated heterocycles. The number of nitrogens with one attached hydrogen (secondary N) is 1. The van der Waals surface area contributed by atoms with Crippen LogP contribution < -0.4 is 5.32 Å². The molecule has 3 aromatic rings. The topological polar surface area (TPSA) is 47.7 Å². The van der Waals surface area contributed by atoms with E-state index in [9.17, 15) is 0 Å². The Hall–Kier alpha value is -2.56. The summed E-state index contributed by atoms with van der Waals surface area (Å²) in [5.74, 6) is 1.06. The maximum absolute atomic E-state index is 4.41. The summed E-state index contributed by atoms with van der Waals surface area (Å²) < 4.78 is 4.04. The Balaban J connectivity index is 1.71. The summed E-state index contributed by atoms with van der Waals surface area (Å²) >= 11 is 0. The number of anilines is 1. The van der Waals surface area contributed by atoms with E-state index >= 15 is 0 Å². The Labute approximate surface area is 124 Å². The van der Waals surface area contributed by atoms with Crippen LogP contribution in [-0.2, 0) is 13.1 Å². The van der Waals surface area contributed by atoms with E-state index < -0.39 is 0 Å². The molecule has 1 aromatic carbocycles. The number of nitrogens with zero attached hydrogens (tertiary/aromatic N) is 4. The number of hydrogen-bond donors (Lipinski definition) is 1. The summed E-state index contributed by atoms with van der Waals surface area (Å²) in [5.41, 5.74) is 2.11. The molecule has 0 fully saturated rings. The molecule has 0 aliphatic rings. The second-order valence-corrected chi connectivity index (χ2v) is 4.89. The predicted octanol–water partition coefficient (Wildman–Crippen LogP) is 3.09. The molecular formula is C16H19N5. The number of aryl methyl sites for hydroxylation is 1. The molecule has 5 heteroatoms. The summed E-state index contributed by atoms with van der Waals surface area (Å²) in [5, 5.41) is 7.67. The minimum Gasteiger partial charge on any atom is -0.378 e. The third-order valence-electron chi connectivity index (χ3n) is 3.33. The molecule has 3 rings (SSSR count). The van der Waals surface area contributed by atoms with Crippen LogP contribution >= 0.6 is 0 Å². The molecule has 0 saturated carbocycles. The Kier molecular flexibility index (Phi) is 4.00. The summed E-state index contributed by atoms with van der Waals surface area (Å²) in [4.78, 5) is 4.41. The van der Waals surface area contributed by atoms with Gasteiger partial charge in [-0.05, 0) is 30.7 Å². The first-order chi connectivity index (χ1) is 10.4. The Morgan fingerprint density at radius 1 is 1.14 bits per heavy atom. The van der Waals surface area contributed by atoms with Crippen molar-refractivity contribution >= 4 is 5.69 Å². The molecule has 0 aliphatic heterocycles. The molecular weight excluding hydrogens is 262 g/mol. The highest BCUT2D eigenvalue weighted by atomic mass is 15.3. The van der Waals surface area contributed by atoms with E-state index in [2.05, 4.69) is 39.0 Å². The zero-order valence-corrected chi connectivity index (χ0v) is 12.1. The number of imidazole rings is 1. The zero-order chi connectivity index (χ0) is 14.5. The second kappa shape index (κ2) is 6.26. The monoisotopic (exact) mass is 281 g/mol. The van der Waals surface area contributed by atoms with Gasteiger partial charge in [0.1, 0.15) is 5.82 Å². The van der Waals surface area contributed by atoms with Crippen molar-refractivity contribution in [3.8, 4) is 5.69 Å². The quantitative estimate of drug-likeness (QED) is 0.755. The third-order valence-corrected chi connectivity index (χ3v) is 3.33. The molecule has 0 amide bonds. The lowest BCUT2D eigenvalue weighted by molar-refractivity contribution is 0.644. The first kappa shape index (κ1) is 13.4. The molecule has 108 valence electrons. The lowest BCUT2D eigenvalue weighted by atomic mass is 10.2. The van der Waals surface area contributed by atoms with Crippen LogP contribution in [0.25, 0.3) is 5.69 Å². The number of aromatic nitrogens is 4. The number of benzene rings is 1. The van der Waals surface area contributed by atoms with Crippen LogP contribution in [-0.4, -0.2) is 19.3 Å². The Morgan fingerprint density at radius 3 is 2.90 bits per heavy atom. The van der Waals surface area contributed by atoms with Crippen LogP contribution in [0.4, 0.5) is 5.69 Å². The van der Waals surface area contributed by atoms with Crippen LogP contribution in [0.1, 0.15) is 19.2 Å². The molecule has 0 spiro atoms. The van der Waals surface area contributed by atoms with E-state index in [1.54, 1.807) is 6.20 Å². The smallest absolute Gasteiger partial charge is 0.128 e. The van der Waals surface area contributed by atoms with Gasteiger partial charge in [-0.15, -0.1) is 0 Å². The third kappa shape index (κ3) is 3.13. The van der Waals surface area contributed by atoms with Gasteiger partial charge >= 0.3 is 0 Å². The molecule has 0 radical (unpaired) electrons. The van der Waals surface area contributed by atoms with Gasteiger partial charge in [0.25, 0.3) is 0 Å². The molecule has 2 heterocycles. The SMILES string of the molecule is CCCn1ccnc1CNc1cccc(-n2cccn2)c1. The van der Waals surface area contributed by atoms with Crippen molar-refractivity contribution in [2.75, 3.05) is 5.32 Å². The van der Waals surface area contributed by atoms with Crippen LogP contribution in [0.3, 0.4) is 0 Å². The highest BCUT2D eigenvalue weighted by Crippen LogP contribution is 2.14.